The van der Waals surface area contributed by atoms with Gasteiger partial charge in [0.15, 0.2) is 0 Å². The summed E-state index contributed by atoms with van der Waals surface area (Å²) in [5, 5.41) is 0. The van der Waals surface area contributed by atoms with E-state index in [1.54, 1.807) is 0 Å². The van der Waals surface area contributed by atoms with E-state index in [-0.39, 0.29) is 25.8 Å². The minimum absolute atomic E-state index is 0.0781. The monoisotopic (exact) mass is 987 g/mol. The van der Waals surface area contributed by atoms with E-state index in [2.05, 4.69) is 98.9 Å². The van der Waals surface area contributed by atoms with Gasteiger partial charge in [-0.15, -0.1) is 0 Å². The number of quaternary nitrogens is 1. The molecule has 0 aliphatic rings. The minimum atomic E-state index is -4.30. The number of phosphoric ester groups is 1. The summed E-state index contributed by atoms with van der Waals surface area (Å²) in [5.74, 6) is -0.326. The number of carbonyl (C=O) groups is 1. The number of ether oxygens (including phenoxy) is 2. The van der Waals surface area contributed by atoms with Crippen molar-refractivity contribution in [3.8, 4) is 0 Å². The fourth-order valence-electron chi connectivity index (χ4n) is 7.61. The van der Waals surface area contributed by atoms with Crippen LogP contribution in [0.15, 0.2) is 85.1 Å². The van der Waals surface area contributed by atoms with Gasteiger partial charge in [0.05, 0.1) is 34.4 Å². The van der Waals surface area contributed by atoms with Crippen LogP contribution in [0.3, 0.4) is 0 Å². The van der Waals surface area contributed by atoms with Crippen LogP contribution in [0.25, 0.3) is 0 Å². The number of allylic oxidation sites excluding steroid dienone is 14. The zero-order valence-electron chi connectivity index (χ0n) is 45.5. The van der Waals surface area contributed by atoms with E-state index in [1.807, 2.05) is 21.1 Å². The van der Waals surface area contributed by atoms with Crippen molar-refractivity contribution in [2.45, 2.75) is 238 Å². The molecular formula is C60H109NO7P+. The topological polar surface area (TPSA) is 91.3 Å². The Balaban J connectivity index is 4.15. The molecule has 0 aliphatic carbocycles. The van der Waals surface area contributed by atoms with E-state index in [1.165, 1.54) is 128 Å². The lowest BCUT2D eigenvalue weighted by Gasteiger charge is -2.24. The van der Waals surface area contributed by atoms with Gasteiger partial charge >= 0.3 is 13.8 Å². The second-order valence-electron chi connectivity index (χ2n) is 19.9. The molecule has 0 aliphatic heterocycles. The molecule has 9 heteroatoms. The number of esters is 1. The molecule has 2 atom stereocenters. The molecular weight excluding hydrogens is 878 g/mol. The molecule has 0 saturated heterocycles. The SMILES string of the molecule is CC/C=C\C/C=C\C/C=C\C/C=C\C/C=C\C/C=C\CCCCCOCC(COP(=O)(O)OCC[N+](C)(C)C)OC(=O)CCCCCCCCCCCCCCC/C=C\CCCCCCCCCC. The normalized spacial score (nSPS) is 14.1. The fraction of sp³-hybridized carbons (Fsp3) is 0.750. The molecule has 0 aromatic carbocycles. The molecule has 69 heavy (non-hydrogen) atoms. The van der Waals surface area contributed by atoms with Crippen LogP contribution >= 0.6 is 7.82 Å². The van der Waals surface area contributed by atoms with Crippen molar-refractivity contribution in [1.29, 1.82) is 0 Å². The third-order valence-electron chi connectivity index (χ3n) is 11.9. The summed E-state index contributed by atoms with van der Waals surface area (Å²) in [6.07, 6.45) is 70.8. The van der Waals surface area contributed by atoms with E-state index in [9.17, 15) is 14.3 Å². The molecule has 0 amide bonds. The van der Waals surface area contributed by atoms with E-state index in [0.29, 0.717) is 24.1 Å². The first-order chi connectivity index (χ1) is 33.6. The van der Waals surface area contributed by atoms with Gasteiger partial charge in [-0.2, -0.15) is 0 Å². The molecule has 0 spiro atoms. The average Bonchev–Trinajstić information content (AvgIpc) is 3.31. The predicted molar refractivity (Wildman–Crippen MR) is 298 cm³/mol. The summed E-state index contributed by atoms with van der Waals surface area (Å²) < 4.78 is 35.2. The molecule has 0 bridgehead atoms. The summed E-state index contributed by atoms with van der Waals surface area (Å²) >= 11 is 0. The quantitative estimate of drug-likeness (QED) is 0.0213. The third-order valence-corrected chi connectivity index (χ3v) is 12.9. The molecule has 0 fully saturated rings. The highest BCUT2D eigenvalue weighted by Crippen LogP contribution is 2.43. The highest BCUT2D eigenvalue weighted by molar-refractivity contribution is 7.47. The molecule has 0 aromatic heterocycles. The van der Waals surface area contributed by atoms with E-state index < -0.39 is 13.9 Å². The molecule has 1 N–H and O–H groups in total. The van der Waals surface area contributed by atoms with E-state index >= 15 is 0 Å². The third kappa shape index (κ3) is 56.5. The lowest BCUT2D eigenvalue weighted by Crippen LogP contribution is -2.37. The second kappa shape index (κ2) is 52.0. The first-order valence-electron chi connectivity index (χ1n) is 28.3. The first-order valence-corrected chi connectivity index (χ1v) is 29.8. The van der Waals surface area contributed by atoms with Crippen LogP contribution in [0.4, 0.5) is 0 Å². The van der Waals surface area contributed by atoms with Gasteiger partial charge < -0.3 is 18.9 Å². The van der Waals surface area contributed by atoms with Crippen molar-refractivity contribution in [2.75, 3.05) is 54.1 Å². The Hall–Kier alpha value is -2.32. The number of hydrogen-bond donors (Lipinski definition) is 1. The summed E-state index contributed by atoms with van der Waals surface area (Å²) in [5.41, 5.74) is 0. The zero-order valence-corrected chi connectivity index (χ0v) is 46.4. The van der Waals surface area contributed by atoms with Crippen LogP contribution in [0.2, 0.25) is 0 Å². The van der Waals surface area contributed by atoms with Gasteiger partial charge in [-0.05, 0) is 89.9 Å². The van der Waals surface area contributed by atoms with Gasteiger partial charge in [-0.25, -0.2) is 4.57 Å². The highest BCUT2D eigenvalue weighted by Gasteiger charge is 2.26. The number of phosphoric acid groups is 1. The van der Waals surface area contributed by atoms with Gasteiger partial charge in [-0.1, -0.05) is 221 Å². The lowest BCUT2D eigenvalue weighted by atomic mass is 10.0. The van der Waals surface area contributed by atoms with Crippen LogP contribution in [-0.4, -0.2) is 75.6 Å². The number of nitrogens with zero attached hydrogens (tertiary/aromatic N) is 1. The maximum absolute atomic E-state index is 12.8. The van der Waals surface area contributed by atoms with Crippen LogP contribution in [-0.2, 0) is 27.9 Å². The summed E-state index contributed by atoms with van der Waals surface area (Å²) in [6.45, 7) is 5.43. The molecule has 8 nitrogen and oxygen atoms in total. The van der Waals surface area contributed by atoms with Crippen LogP contribution in [0.1, 0.15) is 232 Å². The van der Waals surface area contributed by atoms with Crippen LogP contribution in [0, 0.1) is 0 Å². The Bertz CT molecular complexity index is 1380. The van der Waals surface area contributed by atoms with Crippen molar-refractivity contribution < 1.29 is 37.3 Å². The molecule has 2 unspecified atom stereocenters. The Morgan fingerprint density at radius 1 is 0.464 bits per heavy atom. The maximum Gasteiger partial charge on any atom is 0.472 e. The molecule has 0 heterocycles. The predicted octanol–water partition coefficient (Wildman–Crippen LogP) is 18.0. The van der Waals surface area contributed by atoms with Crippen molar-refractivity contribution >= 4 is 13.8 Å². The minimum Gasteiger partial charge on any atom is -0.457 e. The van der Waals surface area contributed by atoms with Crippen LogP contribution < -0.4 is 0 Å². The fourth-order valence-corrected chi connectivity index (χ4v) is 8.35. The maximum atomic E-state index is 12.8. The Morgan fingerprint density at radius 3 is 1.28 bits per heavy atom. The number of unbranched alkanes of at least 4 members (excludes halogenated alkanes) is 24. The van der Waals surface area contributed by atoms with E-state index in [4.69, 9.17) is 18.5 Å². The van der Waals surface area contributed by atoms with Crippen LogP contribution in [0.5, 0.6) is 0 Å². The number of hydrogen-bond acceptors (Lipinski definition) is 6. The van der Waals surface area contributed by atoms with Crippen molar-refractivity contribution in [2.24, 2.45) is 0 Å². The van der Waals surface area contributed by atoms with Crippen molar-refractivity contribution in [1.82, 2.24) is 0 Å². The average molecular weight is 988 g/mol. The standard InChI is InChI=1S/C60H108NO7P/c1-6-8-10-12-14-16-18-20-22-24-26-28-30-31-32-33-35-37-39-41-43-45-47-49-51-53-60(62)68-59(58-67-69(63,64)66-56-54-61(3,4)5)57-65-55-52-50-48-46-44-42-40-38-36-34-29-27-25-23-21-19-17-15-13-11-9-7-2/h9,11,15,17,21,23-24,26-27,29,36,38,42,44,59H,6-8,10,12-14,16,18-20,22,25,28,30-35,37,39-41,43,45-58H2,1-5H3/p+1/b11-9-,17-15-,23-21-,26-24-,29-27-,38-36-,44-42-. The number of carbonyl (C=O) groups excluding carboxylic acids is 1. The Kier molecular flexibility index (Phi) is 50.3. The highest BCUT2D eigenvalue weighted by atomic mass is 31.2. The van der Waals surface area contributed by atoms with Crippen molar-refractivity contribution in [3.05, 3.63) is 85.1 Å². The van der Waals surface area contributed by atoms with Crippen molar-refractivity contribution in [3.63, 3.8) is 0 Å². The summed E-state index contributed by atoms with van der Waals surface area (Å²) in [6, 6.07) is 0. The molecule has 0 aromatic rings. The summed E-state index contributed by atoms with van der Waals surface area (Å²) in [7, 11) is 1.64. The molecule has 0 rings (SSSR count). The Morgan fingerprint density at radius 2 is 0.841 bits per heavy atom. The van der Waals surface area contributed by atoms with Gasteiger partial charge in [0.25, 0.3) is 0 Å². The smallest absolute Gasteiger partial charge is 0.457 e. The molecule has 0 saturated carbocycles. The molecule has 0 radical (unpaired) electrons. The number of rotatable bonds is 52. The summed E-state index contributed by atoms with van der Waals surface area (Å²) in [4.78, 5) is 23.1. The second-order valence-corrected chi connectivity index (χ2v) is 21.4. The zero-order chi connectivity index (χ0) is 50.5. The number of likely N-dealkylation sites (N-methyl/N-ethyl adjacent to an activating group) is 1. The molecule has 400 valence electrons. The van der Waals surface area contributed by atoms with E-state index in [0.717, 1.165) is 83.5 Å². The first kappa shape index (κ1) is 66.7. The Labute approximate surface area is 426 Å². The van der Waals surface area contributed by atoms with Gasteiger partial charge in [0, 0.05) is 13.0 Å². The van der Waals surface area contributed by atoms with Gasteiger partial charge in [0.2, 0.25) is 0 Å². The largest absolute Gasteiger partial charge is 0.472 e. The van der Waals surface area contributed by atoms with Gasteiger partial charge in [0.1, 0.15) is 19.3 Å². The lowest BCUT2D eigenvalue weighted by molar-refractivity contribution is -0.870. The van der Waals surface area contributed by atoms with Gasteiger partial charge in [-0.3, -0.25) is 13.8 Å².